The van der Waals surface area contributed by atoms with Crippen molar-refractivity contribution in [3.8, 4) is 0 Å². The van der Waals surface area contributed by atoms with Gasteiger partial charge in [-0.1, -0.05) is 19.1 Å². The molecule has 1 aliphatic rings. The maximum atomic E-state index is 11.5. The lowest BCUT2D eigenvalue weighted by atomic mass is 9.92. The molecule has 0 bridgehead atoms. The number of rotatable bonds is 1. The minimum Gasteiger partial charge on any atom is -0.325 e. The molecule has 0 spiro atoms. The number of Topliss-reactive ketones (excluding diaryl/α,β-unsaturated/α-hetero) is 1. The lowest BCUT2D eigenvalue weighted by Gasteiger charge is -2.23. The van der Waals surface area contributed by atoms with E-state index in [0.717, 1.165) is 5.56 Å². The van der Waals surface area contributed by atoms with Crippen molar-refractivity contribution in [1.29, 1.82) is 0 Å². The van der Waals surface area contributed by atoms with Gasteiger partial charge < -0.3 is 5.32 Å². The van der Waals surface area contributed by atoms with E-state index < -0.39 is 0 Å². The summed E-state index contributed by atoms with van der Waals surface area (Å²) in [5.41, 5.74) is 2.36. The molecule has 3 nitrogen and oxygen atoms in total. The molecule has 0 fully saturated rings. The third-order valence-corrected chi connectivity index (χ3v) is 2.75. The average molecular weight is 203 g/mol. The van der Waals surface area contributed by atoms with Crippen LogP contribution in [0.4, 0.5) is 5.69 Å². The number of fused-ring (bicyclic) bond motifs is 1. The van der Waals surface area contributed by atoms with Gasteiger partial charge in [-0.25, -0.2) is 0 Å². The zero-order chi connectivity index (χ0) is 11.0. The van der Waals surface area contributed by atoms with Crippen molar-refractivity contribution in [2.24, 2.45) is 5.92 Å². The summed E-state index contributed by atoms with van der Waals surface area (Å²) in [6.45, 7) is 3.40. The van der Waals surface area contributed by atoms with E-state index in [-0.39, 0.29) is 17.6 Å². The van der Waals surface area contributed by atoms with E-state index in [0.29, 0.717) is 17.7 Å². The minimum atomic E-state index is -0.0142. The molecule has 1 aromatic carbocycles. The van der Waals surface area contributed by atoms with Crippen LogP contribution in [0.1, 0.15) is 29.8 Å². The molecule has 1 N–H and O–H groups in total. The highest BCUT2D eigenvalue weighted by atomic mass is 16.2. The number of hydrogen-bond donors (Lipinski definition) is 1. The molecule has 1 atom stereocenters. The molecule has 2 rings (SSSR count). The smallest absolute Gasteiger partial charge is 0.227 e. The standard InChI is InChI=1S/C12H13NO2/c1-7-6-9-4-3-5-10(8(2)14)11(9)13-12(7)15/h3-5,7H,6H2,1-2H3,(H,13,15). The van der Waals surface area contributed by atoms with Gasteiger partial charge in [-0.05, 0) is 25.0 Å². The molecule has 1 aromatic rings. The molecule has 3 heteroatoms. The Morgan fingerprint density at radius 2 is 2.20 bits per heavy atom. The Balaban J connectivity index is 2.52. The first-order valence-electron chi connectivity index (χ1n) is 5.03. The molecule has 0 saturated carbocycles. The van der Waals surface area contributed by atoms with Crippen molar-refractivity contribution >= 4 is 17.4 Å². The highest BCUT2D eigenvalue weighted by Crippen LogP contribution is 2.28. The lowest BCUT2D eigenvalue weighted by molar-refractivity contribution is -0.119. The number of hydrogen-bond acceptors (Lipinski definition) is 2. The number of amides is 1. The van der Waals surface area contributed by atoms with Crippen molar-refractivity contribution in [1.82, 2.24) is 0 Å². The highest BCUT2D eigenvalue weighted by Gasteiger charge is 2.24. The molecule has 0 radical (unpaired) electrons. The Morgan fingerprint density at radius 3 is 2.87 bits per heavy atom. The molecular weight excluding hydrogens is 190 g/mol. The lowest BCUT2D eigenvalue weighted by Crippen LogP contribution is -2.28. The van der Waals surface area contributed by atoms with Crippen LogP contribution >= 0.6 is 0 Å². The fourth-order valence-corrected chi connectivity index (χ4v) is 1.88. The van der Waals surface area contributed by atoms with Gasteiger partial charge in [0.2, 0.25) is 5.91 Å². The van der Waals surface area contributed by atoms with Crippen LogP contribution in [0.2, 0.25) is 0 Å². The predicted octanol–water partition coefficient (Wildman–Crippen LogP) is 2.02. The maximum absolute atomic E-state index is 11.5. The van der Waals surface area contributed by atoms with Gasteiger partial charge in [-0.15, -0.1) is 0 Å². The summed E-state index contributed by atoms with van der Waals surface area (Å²) in [4.78, 5) is 22.9. The monoisotopic (exact) mass is 203 g/mol. The number of para-hydroxylation sites is 1. The Morgan fingerprint density at radius 1 is 1.47 bits per heavy atom. The summed E-state index contributed by atoms with van der Waals surface area (Å²) >= 11 is 0. The fourth-order valence-electron chi connectivity index (χ4n) is 1.88. The van der Waals surface area contributed by atoms with Crippen molar-refractivity contribution in [2.75, 3.05) is 5.32 Å². The molecule has 1 unspecified atom stereocenters. The van der Waals surface area contributed by atoms with Crippen LogP contribution in [-0.4, -0.2) is 11.7 Å². The quantitative estimate of drug-likeness (QED) is 0.710. The normalized spacial score (nSPS) is 19.3. The minimum absolute atomic E-state index is 0.00352. The number of carbonyl (C=O) groups is 2. The van der Waals surface area contributed by atoms with E-state index >= 15 is 0 Å². The van der Waals surface area contributed by atoms with E-state index in [4.69, 9.17) is 0 Å². The second-order valence-corrected chi connectivity index (χ2v) is 3.99. The van der Waals surface area contributed by atoms with Gasteiger partial charge in [0.1, 0.15) is 0 Å². The van der Waals surface area contributed by atoms with E-state index in [2.05, 4.69) is 5.32 Å². The van der Waals surface area contributed by atoms with Crippen LogP contribution in [0, 0.1) is 5.92 Å². The summed E-state index contributed by atoms with van der Waals surface area (Å²) < 4.78 is 0. The second-order valence-electron chi connectivity index (χ2n) is 3.99. The average Bonchev–Trinajstić information content (AvgIpc) is 2.18. The zero-order valence-corrected chi connectivity index (χ0v) is 8.83. The number of anilines is 1. The van der Waals surface area contributed by atoms with Crippen LogP contribution in [0.5, 0.6) is 0 Å². The van der Waals surface area contributed by atoms with E-state index in [9.17, 15) is 9.59 Å². The van der Waals surface area contributed by atoms with Crippen molar-refractivity contribution in [3.05, 3.63) is 29.3 Å². The van der Waals surface area contributed by atoms with Gasteiger partial charge in [0.25, 0.3) is 0 Å². The summed E-state index contributed by atoms with van der Waals surface area (Å²) in [5, 5.41) is 2.80. The number of nitrogens with one attached hydrogen (secondary N) is 1. The molecule has 0 aliphatic carbocycles. The molecule has 15 heavy (non-hydrogen) atoms. The van der Waals surface area contributed by atoms with Crippen molar-refractivity contribution in [2.45, 2.75) is 20.3 Å². The van der Waals surface area contributed by atoms with Crippen molar-refractivity contribution in [3.63, 3.8) is 0 Å². The summed E-state index contributed by atoms with van der Waals surface area (Å²) in [5.74, 6) is -0.0300. The van der Waals surface area contributed by atoms with Gasteiger partial charge in [0, 0.05) is 11.5 Å². The summed E-state index contributed by atoms with van der Waals surface area (Å²) in [6, 6.07) is 5.56. The Labute approximate surface area is 88.5 Å². The van der Waals surface area contributed by atoms with Crippen LogP contribution in [0.3, 0.4) is 0 Å². The van der Waals surface area contributed by atoms with Crippen LogP contribution in [0.25, 0.3) is 0 Å². The molecule has 78 valence electrons. The summed E-state index contributed by atoms with van der Waals surface area (Å²) in [7, 11) is 0. The first kappa shape index (κ1) is 9.90. The third kappa shape index (κ3) is 1.65. The topological polar surface area (TPSA) is 46.2 Å². The Kier molecular flexibility index (Phi) is 2.31. The molecule has 0 aromatic heterocycles. The predicted molar refractivity (Wildman–Crippen MR) is 57.9 cm³/mol. The highest BCUT2D eigenvalue weighted by molar-refractivity contribution is 6.06. The van der Waals surface area contributed by atoms with Crippen LogP contribution in [-0.2, 0) is 11.2 Å². The van der Waals surface area contributed by atoms with Crippen LogP contribution in [0.15, 0.2) is 18.2 Å². The molecule has 1 amide bonds. The van der Waals surface area contributed by atoms with Gasteiger partial charge in [-0.3, -0.25) is 9.59 Å². The maximum Gasteiger partial charge on any atom is 0.227 e. The van der Waals surface area contributed by atoms with Gasteiger partial charge in [0.15, 0.2) is 5.78 Å². The van der Waals surface area contributed by atoms with Crippen molar-refractivity contribution < 1.29 is 9.59 Å². The van der Waals surface area contributed by atoms with Gasteiger partial charge in [0.05, 0.1) is 5.69 Å². The molecule has 0 saturated heterocycles. The zero-order valence-electron chi connectivity index (χ0n) is 8.83. The largest absolute Gasteiger partial charge is 0.325 e. The third-order valence-electron chi connectivity index (χ3n) is 2.75. The van der Waals surface area contributed by atoms with E-state index in [1.54, 1.807) is 6.07 Å². The molecule has 1 aliphatic heterocycles. The van der Waals surface area contributed by atoms with Gasteiger partial charge in [-0.2, -0.15) is 0 Å². The number of ketones is 1. The van der Waals surface area contributed by atoms with E-state index in [1.807, 2.05) is 19.1 Å². The summed E-state index contributed by atoms with van der Waals surface area (Å²) in [6.07, 6.45) is 0.711. The Bertz CT molecular complexity index is 437. The first-order chi connectivity index (χ1) is 7.09. The first-order valence-corrected chi connectivity index (χ1v) is 5.03. The Hall–Kier alpha value is -1.64. The number of carbonyl (C=O) groups excluding carboxylic acids is 2. The SMILES string of the molecule is CC(=O)c1cccc2c1NC(=O)C(C)C2. The molecular formula is C12H13NO2. The molecule has 1 heterocycles. The van der Waals surface area contributed by atoms with E-state index in [1.165, 1.54) is 6.92 Å². The fraction of sp³-hybridized carbons (Fsp3) is 0.333. The second kappa shape index (κ2) is 3.50. The number of benzene rings is 1. The van der Waals surface area contributed by atoms with Crippen LogP contribution < -0.4 is 5.32 Å². The van der Waals surface area contributed by atoms with Gasteiger partial charge >= 0.3 is 0 Å².